The van der Waals surface area contributed by atoms with Crippen LogP contribution in [0, 0.1) is 11.3 Å². The minimum absolute atomic E-state index is 0.0767. The Hall–Kier alpha value is -2.22. The Morgan fingerprint density at radius 1 is 1.39 bits per heavy atom. The lowest BCUT2D eigenvalue weighted by molar-refractivity contribution is -0.121. The number of para-hydroxylation sites is 1. The molecule has 0 radical (unpaired) electrons. The third-order valence-corrected chi connectivity index (χ3v) is 4.88. The van der Waals surface area contributed by atoms with E-state index in [-0.39, 0.29) is 12.5 Å². The van der Waals surface area contributed by atoms with Crippen molar-refractivity contribution in [2.75, 3.05) is 25.1 Å². The molecule has 5 heteroatoms. The van der Waals surface area contributed by atoms with Gasteiger partial charge in [-0.1, -0.05) is 12.1 Å². The van der Waals surface area contributed by atoms with E-state index in [1.165, 1.54) is 5.56 Å². The van der Waals surface area contributed by atoms with E-state index in [1.54, 1.807) is 7.11 Å². The molecule has 23 heavy (non-hydrogen) atoms. The van der Waals surface area contributed by atoms with Gasteiger partial charge in [-0.05, 0) is 50.2 Å². The van der Waals surface area contributed by atoms with Crippen LogP contribution in [-0.4, -0.2) is 31.6 Å². The molecule has 0 bridgehead atoms. The number of amides is 1. The molecule has 0 atom stereocenters. The maximum absolute atomic E-state index is 12.5. The minimum Gasteiger partial charge on any atom is -0.495 e. The molecule has 0 aromatic heterocycles. The molecular formula is C18H23N3O2. The summed E-state index contributed by atoms with van der Waals surface area (Å²) in [5, 5.41) is 12.4. The molecule has 1 aliphatic carbocycles. The van der Waals surface area contributed by atoms with Crippen LogP contribution in [0.2, 0.25) is 0 Å². The highest BCUT2D eigenvalue weighted by atomic mass is 16.5. The third kappa shape index (κ3) is 3.12. The van der Waals surface area contributed by atoms with Crippen LogP contribution in [-0.2, 0) is 11.2 Å². The normalized spacial score (nSPS) is 18.9. The summed E-state index contributed by atoms with van der Waals surface area (Å²) in [4.78, 5) is 14.6. The number of carbonyl (C=O) groups excluding carboxylic acids is 1. The van der Waals surface area contributed by atoms with Crippen molar-refractivity contribution in [3.05, 3.63) is 23.8 Å². The van der Waals surface area contributed by atoms with Crippen molar-refractivity contribution in [2.45, 2.75) is 44.1 Å². The van der Waals surface area contributed by atoms with Crippen molar-refractivity contribution in [3.63, 3.8) is 0 Å². The second kappa shape index (κ2) is 6.49. The molecule has 1 heterocycles. The largest absolute Gasteiger partial charge is 0.495 e. The maximum Gasteiger partial charge on any atom is 0.240 e. The Morgan fingerprint density at radius 2 is 2.17 bits per heavy atom. The molecule has 1 aliphatic heterocycles. The fourth-order valence-corrected chi connectivity index (χ4v) is 3.75. The molecule has 5 nitrogen and oxygen atoms in total. The molecule has 0 spiro atoms. The zero-order valence-corrected chi connectivity index (χ0v) is 13.6. The van der Waals surface area contributed by atoms with E-state index >= 15 is 0 Å². The molecule has 1 aromatic rings. The molecule has 1 saturated carbocycles. The number of nitriles is 1. The van der Waals surface area contributed by atoms with E-state index in [2.05, 4.69) is 22.4 Å². The van der Waals surface area contributed by atoms with E-state index in [0.717, 1.165) is 56.5 Å². The van der Waals surface area contributed by atoms with E-state index in [9.17, 15) is 10.1 Å². The Kier molecular flexibility index (Phi) is 4.42. The SMILES string of the molecule is COc1cccc2c1N(CC(=O)NC1(C#N)CCCC1)CCC2. The zero-order valence-electron chi connectivity index (χ0n) is 13.6. The van der Waals surface area contributed by atoms with Crippen LogP contribution in [0.25, 0.3) is 0 Å². The standard InChI is InChI=1S/C18H23N3O2/c1-23-15-8-4-6-14-7-5-11-21(17(14)15)12-16(22)20-18(13-19)9-2-3-10-18/h4,6,8H,2-3,5,7,9-12H2,1H3,(H,20,22). The van der Waals surface area contributed by atoms with Gasteiger partial charge in [0.25, 0.3) is 0 Å². The number of hydrogen-bond donors (Lipinski definition) is 1. The van der Waals surface area contributed by atoms with Crippen molar-refractivity contribution in [3.8, 4) is 11.8 Å². The van der Waals surface area contributed by atoms with Gasteiger partial charge in [0.05, 0.1) is 25.4 Å². The van der Waals surface area contributed by atoms with Crippen LogP contribution in [0.15, 0.2) is 18.2 Å². The summed E-state index contributed by atoms with van der Waals surface area (Å²) in [6.07, 6.45) is 5.57. The molecular weight excluding hydrogens is 290 g/mol. The van der Waals surface area contributed by atoms with Crippen molar-refractivity contribution in [2.24, 2.45) is 0 Å². The molecule has 1 fully saturated rings. The van der Waals surface area contributed by atoms with E-state index in [1.807, 2.05) is 12.1 Å². The van der Waals surface area contributed by atoms with Crippen LogP contribution >= 0.6 is 0 Å². The van der Waals surface area contributed by atoms with Gasteiger partial charge < -0.3 is 15.0 Å². The van der Waals surface area contributed by atoms with Gasteiger partial charge in [0.2, 0.25) is 5.91 Å². The van der Waals surface area contributed by atoms with Gasteiger partial charge in [-0.2, -0.15) is 5.26 Å². The smallest absolute Gasteiger partial charge is 0.240 e. The third-order valence-electron chi connectivity index (χ3n) is 4.88. The number of hydrogen-bond acceptors (Lipinski definition) is 4. The zero-order chi connectivity index (χ0) is 16.3. The molecule has 1 amide bonds. The van der Waals surface area contributed by atoms with E-state index in [4.69, 9.17) is 4.74 Å². The van der Waals surface area contributed by atoms with Crippen molar-refractivity contribution in [1.29, 1.82) is 5.26 Å². The van der Waals surface area contributed by atoms with Crippen molar-refractivity contribution >= 4 is 11.6 Å². The first-order valence-electron chi connectivity index (χ1n) is 8.30. The van der Waals surface area contributed by atoms with Gasteiger partial charge in [0.1, 0.15) is 11.3 Å². The first kappa shape index (κ1) is 15.7. The van der Waals surface area contributed by atoms with Crippen LogP contribution in [0.3, 0.4) is 0 Å². The average molecular weight is 313 g/mol. The van der Waals surface area contributed by atoms with Gasteiger partial charge in [0.15, 0.2) is 0 Å². The van der Waals surface area contributed by atoms with E-state index < -0.39 is 5.54 Å². The number of nitrogens with one attached hydrogen (secondary N) is 1. The molecule has 3 rings (SSSR count). The number of aryl methyl sites for hydroxylation is 1. The highest BCUT2D eigenvalue weighted by Crippen LogP contribution is 2.36. The number of rotatable bonds is 4. The van der Waals surface area contributed by atoms with Gasteiger partial charge in [-0.15, -0.1) is 0 Å². The summed E-state index contributed by atoms with van der Waals surface area (Å²) in [5.41, 5.74) is 1.59. The van der Waals surface area contributed by atoms with Crippen molar-refractivity contribution in [1.82, 2.24) is 5.32 Å². The molecule has 2 aliphatic rings. The highest BCUT2D eigenvalue weighted by Gasteiger charge is 2.36. The Bertz CT molecular complexity index is 615. The number of methoxy groups -OCH3 is 1. The first-order valence-corrected chi connectivity index (χ1v) is 8.30. The van der Waals surface area contributed by atoms with Gasteiger partial charge in [-0.3, -0.25) is 4.79 Å². The number of nitrogens with zero attached hydrogens (tertiary/aromatic N) is 2. The fourth-order valence-electron chi connectivity index (χ4n) is 3.75. The summed E-state index contributed by atoms with van der Waals surface area (Å²) < 4.78 is 5.47. The molecule has 1 aromatic carbocycles. The summed E-state index contributed by atoms with van der Waals surface area (Å²) in [5.74, 6) is 0.734. The topological polar surface area (TPSA) is 65.4 Å². The van der Waals surface area contributed by atoms with Crippen LogP contribution < -0.4 is 15.0 Å². The molecule has 0 unspecified atom stereocenters. The van der Waals surface area contributed by atoms with Crippen LogP contribution in [0.4, 0.5) is 5.69 Å². The molecule has 1 N–H and O–H groups in total. The second-order valence-electron chi connectivity index (χ2n) is 6.44. The lowest BCUT2D eigenvalue weighted by atomic mass is 9.99. The molecule has 122 valence electrons. The predicted octanol–water partition coefficient (Wildman–Crippen LogP) is 2.40. The summed E-state index contributed by atoms with van der Waals surface area (Å²) in [6, 6.07) is 8.33. The number of carbonyl (C=O) groups is 1. The average Bonchev–Trinajstić information content (AvgIpc) is 3.03. The summed E-state index contributed by atoms with van der Waals surface area (Å²) in [6.45, 7) is 1.11. The number of fused-ring (bicyclic) bond motifs is 1. The number of anilines is 1. The second-order valence-corrected chi connectivity index (χ2v) is 6.44. The Labute approximate surface area is 137 Å². The van der Waals surface area contributed by atoms with Crippen LogP contribution in [0.5, 0.6) is 5.75 Å². The maximum atomic E-state index is 12.5. The van der Waals surface area contributed by atoms with Crippen molar-refractivity contribution < 1.29 is 9.53 Å². The Morgan fingerprint density at radius 3 is 2.87 bits per heavy atom. The van der Waals surface area contributed by atoms with Gasteiger partial charge in [0, 0.05) is 6.54 Å². The predicted molar refractivity (Wildman–Crippen MR) is 88.5 cm³/mol. The number of ether oxygens (including phenoxy) is 1. The highest BCUT2D eigenvalue weighted by molar-refractivity contribution is 5.84. The minimum atomic E-state index is -0.656. The lowest BCUT2D eigenvalue weighted by Crippen LogP contribution is -2.49. The lowest BCUT2D eigenvalue weighted by Gasteiger charge is -2.33. The molecule has 0 saturated heterocycles. The summed E-state index contributed by atoms with van der Waals surface area (Å²) in [7, 11) is 1.66. The van der Waals surface area contributed by atoms with Gasteiger partial charge in [-0.25, -0.2) is 0 Å². The van der Waals surface area contributed by atoms with E-state index in [0.29, 0.717) is 0 Å². The quantitative estimate of drug-likeness (QED) is 0.927. The monoisotopic (exact) mass is 313 g/mol. The van der Waals surface area contributed by atoms with Gasteiger partial charge >= 0.3 is 0 Å². The summed E-state index contributed by atoms with van der Waals surface area (Å²) >= 11 is 0. The van der Waals surface area contributed by atoms with Crippen LogP contribution in [0.1, 0.15) is 37.7 Å². The number of benzene rings is 1. The Balaban J connectivity index is 1.75. The fraction of sp³-hybridized carbons (Fsp3) is 0.556. The first-order chi connectivity index (χ1) is 11.2.